The van der Waals surface area contributed by atoms with Gasteiger partial charge in [0.15, 0.2) is 0 Å². The molecular formula is C14H25NO4. The van der Waals surface area contributed by atoms with E-state index in [2.05, 4.69) is 4.74 Å². The summed E-state index contributed by atoms with van der Waals surface area (Å²) >= 11 is 0. The summed E-state index contributed by atoms with van der Waals surface area (Å²) in [5.74, 6) is -0.193. The van der Waals surface area contributed by atoms with Crippen molar-refractivity contribution in [3.63, 3.8) is 0 Å². The Hall–Kier alpha value is -1.26. The Balaban J connectivity index is 2.41. The van der Waals surface area contributed by atoms with Gasteiger partial charge in [-0.3, -0.25) is 4.79 Å². The summed E-state index contributed by atoms with van der Waals surface area (Å²) in [6, 6.07) is 0.194. The minimum absolute atomic E-state index is 0.193. The van der Waals surface area contributed by atoms with Gasteiger partial charge >= 0.3 is 12.1 Å². The minimum Gasteiger partial charge on any atom is -0.469 e. The largest absolute Gasteiger partial charge is 0.469 e. The van der Waals surface area contributed by atoms with Gasteiger partial charge in [0.1, 0.15) is 5.60 Å². The first-order valence-electron chi connectivity index (χ1n) is 6.90. The highest BCUT2D eigenvalue weighted by molar-refractivity contribution is 5.69. The normalized spacial score (nSPS) is 19.4. The molecule has 1 heterocycles. The second-order valence-corrected chi connectivity index (χ2v) is 5.94. The van der Waals surface area contributed by atoms with Crippen molar-refractivity contribution in [2.75, 3.05) is 13.7 Å². The van der Waals surface area contributed by atoms with Crippen molar-refractivity contribution in [3.8, 4) is 0 Å². The number of hydrogen-bond acceptors (Lipinski definition) is 4. The van der Waals surface area contributed by atoms with Gasteiger partial charge in [-0.15, -0.1) is 0 Å². The average molecular weight is 271 g/mol. The first-order chi connectivity index (χ1) is 8.83. The van der Waals surface area contributed by atoms with Gasteiger partial charge in [0.05, 0.1) is 7.11 Å². The number of esters is 1. The van der Waals surface area contributed by atoms with E-state index in [4.69, 9.17) is 4.74 Å². The number of carbonyl (C=O) groups is 2. The zero-order valence-electron chi connectivity index (χ0n) is 12.4. The number of ether oxygens (including phenoxy) is 2. The molecule has 1 aliphatic heterocycles. The van der Waals surface area contributed by atoms with Crippen LogP contribution < -0.4 is 0 Å². The molecule has 110 valence electrons. The topological polar surface area (TPSA) is 55.8 Å². The van der Waals surface area contributed by atoms with Gasteiger partial charge < -0.3 is 14.4 Å². The summed E-state index contributed by atoms with van der Waals surface area (Å²) in [5.41, 5.74) is -0.462. The molecule has 0 saturated carbocycles. The van der Waals surface area contributed by atoms with Crippen LogP contribution in [0.15, 0.2) is 0 Å². The minimum atomic E-state index is -0.462. The Morgan fingerprint density at radius 3 is 2.58 bits per heavy atom. The van der Waals surface area contributed by atoms with Gasteiger partial charge in [-0.05, 0) is 46.5 Å². The summed E-state index contributed by atoms with van der Waals surface area (Å²) in [5, 5.41) is 0. The molecule has 0 spiro atoms. The highest BCUT2D eigenvalue weighted by Crippen LogP contribution is 2.24. The van der Waals surface area contributed by atoms with Crippen molar-refractivity contribution in [2.45, 2.75) is 64.5 Å². The fourth-order valence-corrected chi connectivity index (χ4v) is 2.28. The predicted octanol–water partition coefficient (Wildman–Crippen LogP) is 2.73. The van der Waals surface area contributed by atoms with Gasteiger partial charge in [-0.1, -0.05) is 0 Å². The predicted molar refractivity (Wildman–Crippen MR) is 71.8 cm³/mol. The lowest BCUT2D eigenvalue weighted by Crippen LogP contribution is -2.39. The Bertz CT molecular complexity index is 322. The second-order valence-electron chi connectivity index (χ2n) is 5.94. The van der Waals surface area contributed by atoms with E-state index in [1.54, 1.807) is 4.90 Å². The molecule has 19 heavy (non-hydrogen) atoms. The molecule has 1 atom stereocenters. The standard InChI is InChI=1S/C14H25NO4/c1-14(2,3)19-13(17)15-10-6-8-11(15)7-5-9-12(16)18-4/h11H,5-10H2,1-4H3/t11-/m1/s1. The van der Waals surface area contributed by atoms with Gasteiger partial charge in [0, 0.05) is 19.0 Å². The van der Waals surface area contributed by atoms with Crippen molar-refractivity contribution in [1.82, 2.24) is 4.90 Å². The lowest BCUT2D eigenvalue weighted by atomic mass is 10.1. The fraction of sp³-hybridized carbons (Fsp3) is 0.857. The Morgan fingerprint density at radius 2 is 2.00 bits per heavy atom. The first kappa shape index (κ1) is 15.8. The van der Waals surface area contributed by atoms with Crippen molar-refractivity contribution >= 4 is 12.1 Å². The van der Waals surface area contributed by atoms with Gasteiger partial charge in [0.2, 0.25) is 0 Å². The summed E-state index contributed by atoms with van der Waals surface area (Å²) in [4.78, 5) is 24.9. The average Bonchev–Trinajstić information content (AvgIpc) is 2.75. The van der Waals surface area contributed by atoms with E-state index in [9.17, 15) is 9.59 Å². The number of nitrogens with zero attached hydrogens (tertiary/aromatic N) is 1. The molecule has 1 fully saturated rings. The van der Waals surface area contributed by atoms with Crippen LogP contribution in [-0.2, 0) is 14.3 Å². The number of amides is 1. The zero-order chi connectivity index (χ0) is 14.5. The van der Waals surface area contributed by atoms with Crippen LogP contribution in [0.5, 0.6) is 0 Å². The third kappa shape index (κ3) is 5.49. The molecule has 1 rings (SSSR count). The van der Waals surface area contributed by atoms with Gasteiger partial charge in [-0.25, -0.2) is 4.79 Å². The molecule has 1 saturated heterocycles. The third-order valence-electron chi connectivity index (χ3n) is 3.15. The zero-order valence-corrected chi connectivity index (χ0v) is 12.4. The van der Waals surface area contributed by atoms with Crippen LogP contribution in [0.3, 0.4) is 0 Å². The van der Waals surface area contributed by atoms with Crippen LogP contribution in [0.2, 0.25) is 0 Å². The van der Waals surface area contributed by atoms with Crippen LogP contribution in [0.25, 0.3) is 0 Å². The Labute approximate surface area is 115 Å². The summed E-state index contributed by atoms with van der Waals surface area (Å²) < 4.78 is 10.0. The fourth-order valence-electron chi connectivity index (χ4n) is 2.28. The molecule has 5 heteroatoms. The van der Waals surface area contributed by atoms with Crippen molar-refractivity contribution in [2.24, 2.45) is 0 Å². The van der Waals surface area contributed by atoms with Crippen LogP contribution in [0.4, 0.5) is 4.79 Å². The van der Waals surface area contributed by atoms with Crippen molar-refractivity contribution in [3.05, 3.63) is 0 Å². The van der Waals surface area contributed by atoms with Crippen LogP contribution >= 0.6 is 0 Å². The molecular weight excluding hydrogens is 246 g/mol. The van der Waals surface area contributed by atoms with E-state index in [1.807, 2.05) is 20.8 Å². The third-order valence-corrected chi connectivity index (χ3v) is 3.15. The maximum atomic E-state index is 12.0. The lowest BCUT2D eigenvalue weighted by molar-refractivity contribution is -0.140. The molecule has 0 aromatic rings. The molecule has 0 aromatic carbocycles. The lowest BCUT2D eigenvalue weighted by Gasteiger charge is -2.28. The van der Waals surface area contributed by atoms with Crippen LogP contribution in [-0.4, -0.2) is 42.3 Å². The molecule has 1 aliphatic rings. The van der Waals surface area contributed by atoms with Gasteiger partial charge in [-0.2, -0.15) is 0 Å². The van der Waals surface area contributed by atoms with E-state index >= 15 is 0 Å². The quantitative estimate of drug-likeness (QED) is 0.738. The first-order valence-corrected chi connectivity index (χ1v) is 6.90. The number of methoxy groups -OCH3 is 1. The van der Waals surface area contributed by atoms with Crippen LogP contribution in [0, 0.1) is 0 Å². The maximum Gasteiger partial charge on any atom is 0.410 e. The Kier molecular flexibility index (Phi) is 5.63. The summed E-state index contributed by atoms with van der Waals surface area (Å²) in [6.07, 6.45) is 3.73. The highest BCUT2D eigenvalue weighted by atomic mass is 16.6. The molecule has 0 aromatic heterocycles. The van der Waals surface area contributed by atoms with Crippen LogP contribution in [0.1, 0.15) is 52.9 Å². The Morgan fingerprint density at radius 1 is 1.32 bits per heavy atom. The smallest absolute Gasteiger partial charge is 0.410 e. The molecule has 0 radical (unpaired) electrons. The molecule has 0 N–H and O–H groups in total. The SMILES string of the molecule is COC(=O)CCC[C@@H]1CCCN1C(=O)OC(C)(C)C. The monoisotopic (exact) mass is 271 g/mol. The number of carbonyl (C=O) groups excluding carboxylic acids is 2. The van der Waals surface area contributed by atoms with E-state index in [1.165, 1.54) is 7.11 Å². The summed E-state index contributed by atoms with van der Waals surface area (Å²) in [7, 11) is 1.39. The maximum absolute atomic E-state index is 12.0. The highest BCUT2D eigenvalue weighted by Gasteiger charge is 2.31. The number of likely N-dealkylation sites (tertiary alicyclic amines) is 1. The molecule has 0 bridgehead atoms. The van der Waals surface area contributed by atoms with Crippen molar-refractivity contribution in [1.29, 1.82) is 0 Å². The van der Waals surface area contributed by atoms with E-state index in [0.717, 1.165) is 32.2 Å². The summed E-state index contributed by atoms with van der Waals surface area (Å²) in [6.45, 7) is 6.35. The number of hydrogen-bond donors (Lipinski definition) is 0. The van der Waals surface area contributed by atoms with E-state index in [-0.39, 0.29) is 18.1 Å². The molecule has 5 nitrogen and oxygen atoms in total. The molecule has 0 unspecified atom stereocenters. The molecule has 1 amide bonds. The van der Waals surface area contributed by atoms with Crippen molar-refractivity contribution < 1.29 is 19.1 Å². The van der Waals surface area contributed by atoms with E-state index < -0.39 is 5.60 Å². The number of rotatable bonds is 4. The van der Waals surface area contributed by atoms with Gasteiger partial charge in [0.25, 0.3) is 0 Å². The molecule has 0 aliphatic carbocycles. The second kappa shape index (κ2) is 6.78. The van der Waals surface area contributed by atoms with E-state index in [0.29, 0.717) is 6.42 Å².